The summed E-state index contributed by atoms with van der Waals surface area (Å²) in [6.45, 7) is 3.27. The second-order valence-corrected chi connectivity index (χ2v) is 8.67. The molecule has 0 aliphatic carbocycles. The number of carbonyl (C=O) groups excluding carboxylic acids is 1. The lowest BCUT2D eigenvalue weighted by molar-refractivity contribution is -0.119. The molecule has 138 valence electrons. The van der Waals surface area contributed by atoms with E-state index in [0.29, 0.717) is 11.4 Å². The highest BCUT2D eigenvalue weighted by molar-refractivity contribution is 9.10. The van der Waals surface area contributed by atoms with Crippen LogP contribution in [0.2, 0.25) is 0 Å². The lowest BCUT2D eigenvalue weighted by Gasteiger charge is -2.21. The van der Waals surface area contributed by atoms with Gasteiger partial charge in [0.2, 0.25) is 10.0 Å². The summed E-state index contributed by atoms with van der Waals surface area (Å²) in [7, 11) is -3.61. The van der Waals surface area contributed by atoms with Crippen molar-refractivity contribution in [2.45, 2.75) is 13.8 Å². The topological polar surface area (TPSA) is 78.8 Å². The molecule has 26 heavy (non-hydrogen) atoms. The Balaban J connectivity index is 2.12. The summed E-state index contributed by atoms with van der Waals surface area (Å²) < 4.78 is 26.2. The van der Waals surface area contributed by atoms with E-state index in [9.17, 15) is 13.2 Å². The molecule has 2 rings (SSSR count). The molecule has 1 N–H and O–H groups in total. The zero-order valence-corrected chi connectivity index (χ0v) is 17.1. The SMILES string of the molecule is C/C(=N\NC(=O)CN(c1cccc(C)c1)S(C)(=O)=O)c1ccc(Br)cc1. The molecule has 0 atom stereocenters. The van der Waals surface area contributed by atoms with Crippen LogP contribution in [0.1, 0.15) is 18.1 Å². The summed E-state index contributed by atoms with van der Waals surface area (Å²) in [6.07, 6.45) is 1.07. The first-order valence-corrected chi connectivity index (χ1v) is 10.4. The fourth-order valence-corrected chi connectivity index (χ4v) is 3.36. The van der Waals surface area contributed by atoms with E-state index in [1.807, 2.05) is 37.3 Å². The highest BCUT2D eigenvalue weighted by atomic mass is 79.9. The molecular formula is C18H20BrN3O3S. The maximum Gasteiger partial charge on any atom is 0.260 e. The quantitative estimate of drug-likeness (QED) is 0.556. The number of anilines is 1. The predicted octanol–water partition coefficient (Wildman–Crippen LogP) is 3.06. The van der Waals surface area contributed by atoms with Crippen molar-refractivity contribution in [2.75, 3.05) is 17.1 Å². The van der Waals surface area contributed by atoms with Crippen LogP contribution in [-0.2, 0) is 14.8 Å². The van der Waals surface area contributed by atoms with E-state index >= 15 is 0 Å². The summed E-state index contributed by atoms with van der Waals surface area (Å²) in [5.41, 5.74) is 5.23. The lowest BCUT2D eigenvalue weighted by Crippen LogP contribution is -2.39. The van der Waals surface area contributed by atoms with Crippen molar-refractivity contribution in [2.24, 2.45) is 5.10 Å². The summed E-state index contributed by atoms with van der Waals surface area (Å²) in [5.74, 6) is -0.520. The average molecular weight is 438 g/mol. The summed E-state index contributed by atoms with van der Waals surface area (Å²) in [6, 6.07) is 14.4. The molecule has 0 spiro atoms. The van der Waals surface area contributed by atoms with E-state index in [-0.39, 0.29) is 6.54 Å². The number of halogens is 1. The summed E-state index contributed by atoms with van der Waals surface area (Å²) in [5, 5.41) is 4.05. The number of hydrazone groups is 1. The Morgan fingerprint density at radius 3 is 2.42 bits per heavy atom. The fraction of sp³-hybridized carbons (Fsp3) is 0.222. The van der Waals surface area contributed by atoms with Crippen molar-refractivity contribution in [1.29, 1.82) is 0 Å². The van der Waals surface area contributed by atoms with E-state index in [1.165, 1.54) is 0 Å². The minimum Gasteiger partial charge on any atom is -0.271 e. The minimum atomic E-state index is -3.61. The molecule has 0 heterocycles. The smallest absolute Gasteiger partial charge is 0.260 e. The van der Waals surface area contributed by atoms with E-state index in [0.717, 1.165) is 26.2 Å². The Labute approximate surface area is 162 Å². The van der Waals surface area contributed by atoms with E-state index < -0.39 is 15.9 Å². The third kappa shape index (κ3) is 5.67. The number of hydrogen-bond acceptors (Lipinski definition) is 4. The van der Waals surface area contributed by atoms with Gasteiger partial charge in [-0.05, 0) is 49.2 Å². The van der Waals surface area contributed by atoms with Gasteiger partial charge in [0.25, 0.3) is 5.91 Å². The van der Waals surface area contributed by atoms with Gasteiger partial charge in [-0.15, -0.1) is 0 Å². The molecule has 0 fully saturated rings. The Morgan fingerprint density at radius 2 is 1.85 bits per heavy atom. The predicted molar refractivity (Wildman–Crippen MR) is 108 cm³/mol. The van der Waals surface area contributed by atoms with Gasteiger partial charge >= 0.3 is 0 Å². The zero-order chi connectivity index (χ0) is 19.3. The average Bonchev–Trinajstić information content (AvgIpc) is 2.57. The molecule has 1 amide bonds. The van der Waals surface area contributed by atoms with Crippen molar-refractivity contribution >= 4 is 43.3 Å². The zero-order valence-electron chi connectivity index (χ0n) is 14.7. The monoisotopic (exact) mass is 437 g/mol. The minimum absolute atomic E-state index is 0.348. The maximum atomic E-state index is 12.2. The number of nitrogens with zero attached hydrogens (tertiary/aromatic N) is 2. The van der Waals surface area contributed by atoms with Crippen LogP contribution in [0.3, 0.4) is 0 Å². The first kappa shape index (κ1) is 20.1. The Kier molecular flexibility index (Phi) is 6.55. The van der Waals surface area contributed by atoms with E-state index in [1.54, 1.807) is 25.1 Å². The van der Waals surface area contributed by atoms with Crippen LogP contribution in [0, 0.1) is 6.92 Å². The number of sulfonamides is 1. The van der Waals surface area contributed by atoms with Gasteiger partial charge in [-0.25, -0.2) is 13.8 Å². The van der Waals surface area contributed by atoms with Crippen molar-refractivity contribution in [1.82, 2.24) is 5.43 Å². The molecule has 0 aliphatic heterocycles. The third-order valence-corrected chi connectivity index (χ3v) is 5.26. The number of hydrogen-bond donors (Lipinski definition) is 1. The normalized spacial score (nSPS) is 11.9. The van der Waals surface area contributed by atoms with Crippen molar-refractivity contribution < 1.29 is 13.2 Å². The Bertz CT molecular complexity index is 925. The van der Waals surface area contributed by atoms with Crippen LogP contribution in [0.15, 0.2) is 58.1 Å². The standard InChI is InChI=1S/C18H20BrN3O3S/c1-13-5-4-6-17(11-13)22(26(3,24)25)12-18(23)21-20-14(2)15-7-9-16(19)10-8-15/h4-11H,12H2,1-3H3,(H,21,23)/b20-14+. The lowest BCUT2D eigenvalue weighted by atomic mass is 10.1. The van der Waals surface area contributed by atoms with Crippen LogP contribution in [0.25, 0.3) is 0 Å². The van der Waals surface area contributed by atoms with Crippen LogP contribution in [0.4, 0.5) is 5.69 Å². The van der Waals surface area contributed by atoms with Gasteiger partial charge in [-0.3, -0.25) is 9.10 Å². The number of aryl methyl sites for hydroxylation is 1. The largest absolute Gasteiger partial charge is 0.271 e. The van der Waals surface area contributed by atoms with Crippen molar-refractivity contribution in [3.05, 3.63) is 64.1 Å². The number of benzene rings is 2. The number of nitrogens with one attached hydrogen (secondary N) is 1. The highest BCUT2D eigenvalue weighted by Gasteiger charge is 2.20. The van der Waals surface area contributed by atoms with Gasteiger partial charge in [-0.1, -0.05) is 40.2 Å². The van der Waals surface area contributed by atoms with Crippen LogP contribution >= 0.6 is 15.9 Å². The second-order valence-electron chi connectivity index (χ2n) is 5.85. The van der Waals surface area contributed by atoms with Gasteiger partial charge in [0.05, 0.1) is 17.7 Å². The molecule has 0 saturated carbocycles. The molecule has 0 saturated heterocycles. The first-order valence-electron chi connectivity index (χ1n) is 7.80. The highest BCUT2D eigenvalue weighted by Crippen LogP contribution is 2.18. The molecule has 2 aromatic rings. The summed E-state index contributed by atoms with van der Waals surface area (Å²) >= 11 is 3.36. The molecule has 0 unspecified atom stereocenters. The fourth-order valence-electron chi connectivity index (χ4n) is 2.25. The van der Waals surface area contributed by atoms with Crippen molar-refractivity contribution in [3.63, 3.8) is 0 Å². The Morgan fingerprint density at radius 1 is 1.19 bits per heavy atom. The van der Waals surface area contributed by atoms with Crippen LogP contribution in [-0.4, -0.2) is 32.8 Å². The van der Waals surface area contributed by atoms with Gasteiger partial charge < -0.3 is 0 Å². The molecule has 0 aliphatic rings. The molecule has 0 bridgehead atoms. The molecule has 0 aromatic heterocycles. The molecule has 0 radical (unpaired) electrons. The van der Waals surface area contributed by atoms with Crippen LogP contribution < -0.4 is 9.73 Å². The second kappa shape index (κ2) is 8.46. The maximum absolute atomic E-state index is 12.2. The molecular weight excluding hydrogens is 418 g/mol. The van der Waals surface area contributed by atoms with Crippen LogP contribution in [0.5, 0.6) is 0 Å². The number of rotatable bonds is 6. The molecule has 8 heteroatoms. The van der Waals surface area contributed by atoms with Gasteiger partial charge in [0.1, 0.15) is 6.54 Å². The number of carbonyl (C=O) groups is 1. The van der Waals surface area contributed by atoms with Gasteiger partial charge in [0.15, 0.2) is 0 Å². The third-order valence-electron chi connectivity index (χ3n) is 3.59. The molecule has 2 aromatic carbocycles. The Hall–Kier alpha value is -2.19. The van der Waals surface area contributed by atoms with E-state index in [2.05, 4.69) is 26.5 Å². The van der Waals surface area contributed by atoms with Gasteiger partial charge in [0, 0.05) is 4.47 Å². The molecule has 6 nitrogen and oxygen atoms in total. The van der Waals surface area contributed by atoms with Gasteiger partial charge in [-0.2, -0.15) is 5.10 Å². The van der Waals surface area contributed by atoms with Crippen molar-refractivity contribution in [3.8, 4) is 0 Å². The number of amides is 1. The first-order chi connectivity index (χ1) is 12.2. The summed E-state index contributed by atoms with van der Waals surface area (Å²) in [4.78, 5) is 12.2. The van der Waals surface area contributed by atoms with E-state index in [4.69, 9.17) is 0 Å².